The van der Waals surface area contributed by atoms with Crippen LogP contribution in [-0.4, -0.2) is 19.6 Å². The average Bonchev–Trinajstić information content (AvgIpc) is 2.52. The summed E-state index contributed by atoms with van der Waals surface area (Å²) in [4.78, 5) is 18.0. The third-order valence-corrected chi connectivity index (χ3v) is 3.13. The van der Waals surface area contributed by atoms with Crippen LogP contribution in [0.25, 0.3) is 0 Å². The van der Waals surface area contributed by atoms with Crippen LogP contribution in [0.4, 0.5) is 5.69 Å². The summed E-state index contributed by atoms with van der Waals surface area (Å²) in [6.07, 6.45) is 0.772. The normalized spacial score (nSPS) is 19.1. The van der Waals surface area contributed by atoms with Crippen LogP contribution < -0.4 is 10.8 Å². The second-order valence-electron chi connectivity index (χ2n) is 4.13. The number of rotatable bonds is 3. The van der Waals surface area contributed by atoms with Crippen LogP contribution in [0, 0.1) is 0 Å². The second-order valence-corrected chi connectivity index (χ2v) is 4.13. The minimum absolute atomic E-state index is 0.0428. The van der Waals surface area contributed by atoms with Crippen molar-refractivity contribution in [2.45, 2.75) is 19.3 Å². The Kier molecular flexibility index (Phi) is 2.94. The van der Waals surface area contributed by atoms with Gasteiger partial charge >= 0.3 is 0 Å². The molecule has 0 saturated heterocycles. The average molecular weight is 220 g/mol. The standard InChI is InChI=1S/C12H16N2O2/c1-8-10-7-9(5-6-16-13)3-4-11(10)14(2)12(8)15/h3-4,7-8H,5-6,13H2,1-2H3. The van der Waals surface area contributed by atoms with Gasteiger partial charge in [-0.25, -0.2) is 5.90 Å². The van der Waals surface area contributed by atoms with Crippen LogP contribution in [0.1, 0.15) is 24.0 Å². The fourth-order valence-electron chi connectivity index (χ4n) is 2.13. The van der Waals surface area contributed by atoms with E-state index in [1.165, 1.54) is 0 Å². The minimum atomic E-state index is -0.0428. The van der Waals surface area contributed by atoms with Crippen LogP contribution >= 0.6 is 0 Å². The lowest BCUT2D eigenvalue weighted by atomic mass is 9.99. The first-order valence-electron chi connectivity index (χ1n) is 5.37. The molecule has 1 aliphatic rings. The van der Waals surface area contributed by atoms with E-state index < -0.39 is 0 Å². The monoisotopic (exact) mass is 220 g/mol. The van der Waals surface area contributed by atoms with Crippen LogP contribution in [-0.2, 0) is 16.1 Å². The molecule has 16 heavy (non-hydrogen) atoms. The van der Waals surface area contributed by atoms with Gasteiger partial charge in [-0.1, -0.05) is 12.1 Å². The molecule has 0 aliphatic carbocycles. The molecule has 1 atom stereocenters. The highest BCUT2D eigenvalue weighted by Gasteiger charge is 2.31. The van der Waals surface area contributed by atoms with E-state index in [1.54, 1.807) is 4.90 Å². The molecule has 4 heteroatoms. The van der Waals surface area contributed by atoms with Crippen molar-refractivity contribution >= 4 is 11.6 Å². The molecule has 1 aromatic rings. The van der Waals surface area contributed by atoms with Gasteiger partial charge in [0.25, 0.3) is 0 Å². The van der Waals surface area contributed by atoms with E-state index >= 15 is 0 Å². The van der Waals surface area contributed by atoms with Gasteiger partial charge in [0.2, 0.25) is 5.91 Å². The molecule has 0 radical (unpaired) electrons. The largest absolute Gasteiger partial charge is 0.315 e. The maximum absolute atomic E-state index is 11.8. The second kappa shape index (κ2) is 4.23. The summed E-state index contributed by atoms with van der Waals surface area (Å²) >= 11 is 0. The van der Waals surface area contributed by atoms with Gasteiger partial charge in [0.1, 0.15) is 0 Å². The first kappa shape index (κ1) is 11.1. The summed E-state index contributed by atoms with van der Waals surface area (Å²) in [6, 6.07) is 6.07. The molecule has 4 nitrogen and oxygen atoms in total. The molecule has 0 saturated carbocycles. The van der Waals surface area contributed by atoms with Gasteiger partial charge in [0, 0.05) is 12.7 Å². The van der Waals surface area contributed by atoms with Gasteiger partial charge in [-0.05, 0) is 30.5 Å². The van der Waals surface area contributed by atoms with E-state index in [2.05, 4.69) is 10.9 Å². The smallest absolute Gasteiger partial charge is 0.234 e. The van der Waals surface area contributed by atoms with Gasteiger partial charge < -0.3 is 9.74 Å². The molecule has 0 spiro atoms. The lowest BCUT2D eigenvalue weighted by molar-refractivity contribution is -0.118. The van der Waals surface area contributed by atoms with Gasteiger partial charge in [0.15, 0.2) is 0 Å². The number of fused-ring (bicyclic) bond motifs is 1. The molecule has 0 aromatic heterocycles. The van der Waals surface area contributed by atoms with Crippen molar-refractivity contribution in [1.82, 2.24) is 0 Å². The number of nitrogens with zero attached hydrogens (tertiary/aromatic N) is 1. The highest BCUT2D eigenvalue weighted by Crippen LogP contribution is 2.36. The number of likely N-dealkylation sites (N-methyl/N-ethyl adjacent to an activating group) is 1. The first-order chi connectivity index (χ1) is 7.65. The van der Waals surface area contributed by atoms with Gasteiger partial charge in [-0.3, -0.25) is 4.79 Å². The number of carbonyl (C=O) groups excluding carboxylic acids is 1. The fourth-order valence-corrected chi connectivity index (χ4v) is 2.13. The first-order valence-corrected chi connectivity index (χ1v) is 5.37. The van der Waals surface area contributed by atoms with Gasteiger partial charge in [0.05, 0.1) is 12.5 Å². The maximum atomic E-state index is 11.8. The maximum Gasteiger partial charge on any atom is 0.234 e. The third-order valence-electron chi connectivity index (χ3n) is 3.13. The molecule has 1 heterocycles. The highest BCUT2D eigenvalue weighted by molar-refractivity contribution is 6.04. The summed E-state index contributed by atoms with van der Waals surface area (Å²) in [5.41, 5.74) is 3.26. The van der Waals surface area contributed by atoms with E-state index in [4.69, 9.17) is 5.90 Å². The van der Waals surface area contributed by atoms with Crippen molar-refractivity contribution in [3.63, 3.8) is 0 Å². The van der Waals surface area contributed by atoms with Crippen LogP contribution in [0.3, 0.4) is 0 Å². The zero-order valence-electron chi connectivity index (χ0n) is 9.56. The Morgan fingerprint density at radius 3 is 2.94 bits per heavy atom. The van der Waals surface area contributed by atoms with Crippen LogP contribution in [0.5, 0.6) is 0 Å². The van der Waals surface area contributed by atoms with Crippen molar-refractivity contribution in [1.29, 1.82) is 0 Å². The quantitative estimate of drug-likeness (QED) is 0.779. The molecular formula is C12H16N2O2. The number of amides is 1. The third kappa shape index (κ3) is 1.70. The number of nitrogens with two attached hydrogens (primary N) is 1. The van der Waals surface area contributed by atoms with Crippen molar-refractivity contribution in [3.8, 4) is 0 Å². The summed E-state index contributed by atoms with van der Waals surface area (Å²) in [5, 5.41) is 0. The molecule has 0 fully saturated rings. The summed E-state index contributed by atoms with van der Waals surface area (Å²) < 4.78 is 0. The predicted molar refractivity (Wildman–Crippen MR) is 62.1 cm³/mol. The van der Waals surface area contributed by atoms with Crippen LogP contribution in [0.2, 0.25) is 0 Å². The van der Waals surface area contributed by atoms with Crippen molar-refractivity contribution in [3.05, 3.63) is 29.3 Å². The van der Waals surface area contributed by atoms with Crippen molar-refractivity contribution < 1.29 is 9.63 Å². The summed E-state index contributed by atoms with van der Waals surface area (Å²) in [7, 11) is 1.81. The number of hydrogen-bond acceptors (Lipinski definition) is 3. The summed E-state index contributed by atoms with van der Waals surface area (Å²) in [5.74, 6) is 5.11. The Hall–Kier alpha value is -1.39. The molecule has 0 bridgehead atoms. The van der Waals surface area contributed by atoms with Gasteiger partial charge in [-0.2, -0.15) is 0 Å². The molecule has 1 aliphatic heterocycles. The molecule has 1 unspecified atom stereocenters. The van der Waals surface area contributed by atoms with Crippen molar-refractivity contribution in [2.24, 2.45) is 5.90 Å². The highest BCUT2D eigenvalue weighted by atomic mass is 16.6. The molecule has 86 valence electrons. The van der Waals surface area contributed by atoms with E-state index in [0.29, 0.717) is 6.61 Å². The Bertz CT molecular complexity index is 417. The number of anilines is 1. The zero-order valence-corrected chi connectivity index (χ0v) is 9.56. The Morgan fingerprint density at radius 2 is 2.25 bits per heavy atom. The van der Waals surface area contributed by atoms with Crippen LogP contribution in [0.15, 0.2) is 18.2 Å². The molecule has 1 aromatic carbocycles. The van der Waals surface area contributed by atoms with E-state index in [9.17, 15) is 4.79 Å². The number of hydrogen-bond donors (Lipinski definition) is 1. The molecular weight excluding hydrogens is 204 g/mol. The minimum Gasteiger partial charge on any atom is -0.315 e. The Morgan fingerprint density at radius 1 is 1.50 bits per heavy atom. The van der Waals surface area contributed by atoms with E-state index in [-0.39, 0.29) is 11.8 Å². The number of carbonyl (C=O) groups is 1. The zero-order chi connectivity index (χ0) is 11.7. The van der Waals surface area contributed by atoms with E-state index in [0.717, 1.165) is 23.2 Å². The molecule has 1 amide bonds. The Balaban J connectivity index is 2.30. The predicted octanol–water partition coefficient (Wildman–Crippen LogP) is 1.20. The topological polar surface area (TPSA) is 55.6 Å². The van der Waals surface area contributed by atoms with Gasteiger partial charge in [-0.15, -0.1) is 0 Å². The SMILES string of the molecule is CC1C(=O)N(C)c2ccc(CCON)cc21. The van der Waals surface area contributed by atoms with Crippen molar-refractivity contribution in [2.75, 3.05) is 18.6 Å². The Labute approximate surface area is 94.9 Å². The number of benzene rings is 1. The van der Waals surface area contributed by atoms with E-state index in [1.807, 2.05) is 26.1 Å². The fraction of sp³-hybridized carbons (Fsp3) is 0.417. The summed E-state index contributed by atoms with van der Waals surface area (Å²) in [6.45, 7) is 2.44. The molecule has 2 N–H and O–H groups in total. The molecule has 2 rings (SSSR count). The lowest BCUT2D eigenvalue weighted by Gasteiger charge is -2.10. The lowest BCUT2D eigenvalue weighted by Crippen LogP contribution is -2.22.